The minimum absolute atomic E-state index is 0.678. The molecule has 3 aromatic rings. The Hall–Kier alpha value is -2.34. The highest BCUT2D eigenvalue weighted by Gasteiger charge is 2.09. The fourth-order valence-corrected chi connectivity index (χ4v) is 2.69. The number of benzene rings is 1. The molecule has 0 bridgehead atoms. The molecule has 0 saturated heterocycles. The Morgan fingerprint density at radius 1 is 1.15 bits per heavy atom. The standard InChI is InChI=1S/C14H12N2O3S/c1-17-11-5-10-13(6-12(11)18-2)20-14(16-10)4-3-9-7-19-8-15-9/h3-8H,1-2H3/b4-3+. The van der Waals surface area contributed by atoms with E-state index >= 15 is 0 Å². The van der Waals surface area contributed by atoms with Gasteiger partial charge in [-0.1, -0.05) is 0 Å². The lowest BCUT2D eigenvalue weighted by molar-refractivity contribution is 0.356. The van der Waals surface area contributed by atoms with Crippen molar-refractivity contribution >= 4 is 33.7 Å². The largest absolute Gasteiger partial charge is 0.493 e. The summed E-state index contributed by atoms with van der Waals surface area (Å²) in [7, 11) is 3.23. The Balaban J connectivity index is 1.98. The molecule has 0 aliphatic rings. The van der Waals surface area contributed by atoms with Gasteiger partial charge in [0.2, 0.25) is 0 Å². The van der Waals surface area contributed by atoms with Crippen molar-refractivity contribution < 1.29 is 13.9 Å². The third kappa shape index (κ3) is 2.37. The number of rotatable bonds is 4. The van der Waals surface area contributed by atoms with Gasteiger partial charge in [0, 0.05) is 12.1 Å². The second kappa shape index (κ2) is 5.34. The van der Waals surface area contributed by atoms with Crippen molar-refractivity contribution in [3.8, 4) is 11.5 Å². The molecule has 20 heavy (non-hydrogen) atoms. The van der Waals surface area contributed by atoms with Gasteiger partial charge in [0.25, 0.3) is 0 Å². The molecule has 0 atom stereocenters. The van der Waals surface area contributed by atoms with Crippen LogP contribution in [0.3, 0.4) is 0 Å². The summed E-state index contributed by atoms with van der Waals surface area (Å²) in [6.07, 6.45) is 6.74. The predicted octanol–water partition coefficient (Wildman–Crippen LogP) is 3.47. The zero-order valence-electron chi connectivity index (χ0n) is 11.0. The molecule has 5 nitrogen and oxygen atoms in total. The quantitative estimate of drug-likeness (QED) is 0.735. The van der Waals surface area contributed by atoms with Crippen LogP contribution in [0.1, 0.15) is 10.7 Å². The summed E-state index contributed by atoms with van der Waals surface area (Å²) in [4.78, 5) is 8.56. The minimum atomic E-state index is 0.678. The SMILES string of the molecule is COc1cc2nc(/C=C/c3cocn3)sc2cc1OC. The maximum atomic E-state index is 5.29. The maximum Gasteiger partial charge on any atom is 0.181 e. The molecule has 0 aliphatic carbocycles. The Morgan fingerprint density at radius 3 is 2.65 bits per heavy atom. The monoisotopic (exact) mass is 288 g/mol. The number of aromatic nitrogens is 2. The molecular formula is C14H12N2O3S. The molecule has 1 aromatic carbocycles. The van der Waals surface area contributed by atoms with E-state index in [1.807, 2.05) is 24.3 Å². The van der Waals surface area contributed by atoms with Crippen molar-refractivity contribution in [3.05, 3.63) is 35.5 Å². The van der Waals surface area contributed by atoms with Crippen molar-refractivity contribution in [1.29, 1.82) is 0 Å². The molecule has 102 valence electrons. The molecule has 0 amide bonds. The molecule has 2 heterocycles. The molecule has 0 unspecified atom stereocenters. The van der Waals surface area contributed by atoms with Crippen molar-refractivity contribution in [3.63, 3.8) is 0 Å². The van der Waals surface area contributed by atoms with E-state index in [4.69, 9.17) is 13.9 Å². The highest BCUT2D eigenvalue weighted by atomic mass is 32.1. The summed E-state index contributed by atoms with van der Waals surface area (Å²) in [6.45, 7) is 0. The molecule has 0 aliphatic heterocycles. The van der Waals surface area contributed by atoms with Gasteiger partial charge in [-0.15, -0.1) is 11.3 Å². The van der Waals surface area contributed by atoms with Gasteiger partial charge in [0.05, 0.1) is 24.4 Å². The summed E-state index contributed by atoms with van der Waals surface area (Å²) >= 11 is 1.58. The second-order valence-corrected chi connectivity index (χ2v) is 5.04. The number of oxazole rings is 1. The maximum absolute atomic E-state index is 5.29. The van der Waals surface area contributed by atoms with Gasteiger partial charge in [0.15, 0.2) is 17.9 Å². The summed E-state index contributed by atoms with van der Waals surface area (Å²) in [5, 5.41) is 0.887. The summed E-state index contributed by atoms with van der Waals surface area (Å²) < 4.78 is 16.5. The van der Waals surface area contributed by atoms with Crippen molar-refractivity contribution in [2.45, 2.75) is 0 Å². The highest BCUT2D eigenvalue weighted by molar-refractivity contribution is 7.19. The smallest absolute Gasteiger partial charge is 0.181 e. The minimum Gasteiger partial charge on any atom is -0.493 e. The number of nitrogens with zero attached hydrogens (tertiary/aromatic N) is 2. The third-order valence-corrected chi connectivity index (χ3v) is 3.74. The Kier molecular flexibility index (Phi) is 3.39. The second-order valence-electron chi connectivity index (χ2n) is 3.97. The molecule has 0 spiro atoms. The normalized spacial score (nSPS) is 11.3. The van der Waals surface area contributed by atoms with E-state index in [1.54, 1.807) is 31.8 Å². The van der Waals surface area contributed by atoms with Gasteiger partial charge in [0.1, 0.15) is 17.0 Å². The Bertz CT molecular complexity index is 706. The molecule has 6 heteroatoms. The van der Waals surface area contributed by atoms with Crippen LogP contribution in [-0.2, 0) is 0 Å². The van der Waals surface area contributed by atoms with Gasteiger partial charge >= 0.3 is 0 Å². The van der Waals surface area contributed by atoms with E-state index in [1.165, 1.54) is 6.39 Å². The van der Waals surface area contributed by atoms with Crippen LogP contribution in [-0.4, -0.2) is 24.2 Å². The van der Waals surface area contributed by atoms with Crippen LogP contribution in [0, 0.1) is 0 Å². The Morgan fingerprint density at radius 2 is 1.95 bits per heavy atom. The molecule has 0 saturated carbocycles. The van der Waals surface area contributed by atoms with Crippen LogP contribution in [0.4, 0.5) is 0 Å². The van der Waals surface area contributed by atoms with Crippen molar-refractivity contribution in [2.75, 3.05) is 14.2 Å². The number of methoxy groups -OCH3 is 2. The summed E-state index contributed by atoms with van der Waals surface area (Å²) in [6, 6.07) is 3.80. The lowest BCUT2D eigenvalue weighted by Gasteiger charge is -2.05. The number of thiazole rings is 1. The van der Waals surface area contributed by atoms with E-state index in [2.05, 4.69) is 9.97 Å². The van der Waals surface area contributed by atoms with E-state index < -0.39 is 0 Å². The van der Waals surface area contributed by atoms with Gasteiger partial charge in [-0.2, -0.15) is 0 Å². The van der Waals surface area contributed by atoms with Crippen LogP contribution >= 0.6 is 11.3 Å². The summed E-state index contributed by atoms with van der Waals surface area (Å²) in [5.74, 6) is 1.38. The summed E-state index contributed by atoms with van der Waals surface area (Å²) in [5.41, 5.74) is 1.65. The number of hydrogen-bond donors (Lipinski definition) is 0. The number of fused-ring (bicyclic) bond motifs is 1. The van der Waals surface area contributed by atoms with Gasteiger partial charge in [-0.25, -0.2) is 9.97 Å². The van der Waals surface area contributed by atoms with Crippen LogP contribution < -0.4 is 9.47 Å². The van der Waals surface area contributed by atoms with Crippen LogP contribution in [0.25, 0.3) is 22.4 Å². The highest BCUT2D eigenvalue weighted by Crippen LogP contribution is 2.35. The molecule has 0 fully saturated rings. The first kappa shape index (κ1) is 12.7. The fraction of sp³-hybridized carbons (Fsp3) is 0.143. The molecule has 0 radical (unpaired) electrons. The van der Waals surface area contributed by atoms with E-state index in [-0.39, 0.29) is 0 Å². The number of hydrogen-bond acceptors (Lipinski definition) is 6. The van der Waals surface area contributed by atoms with E-state index in [0.29, 0.717) is 11.5 Å². The molecule has 2 aromatic heterocycles. The number of ether oxygens (including phenoxy) is 2. The molecule has 0 N–H and O–H groups in total. The first-order chi connectivity index (χ1) is 9.80. The van der Waals surface area contributed by atoms with Crippen LogP contribution in [0.5, 0.6) is 11.5 Å². The predicted molar refractivity (Wildman–Crippen MR) is 78.2 cm³/mol. The average molecular weight is 288 g/mol. The van der Waals surface area contributed by atoms with E-state index in [9.17, 15) is 0 Å². The fourth-order valence-electron chi connectivity index (χ4n) is 1.81. The molecule has 3 rings (SSSR count). The average Bonchev–Trinajstić information content (AvgIpc) is 3.11. The van der Waals surface area contributed by atoms with Crippen LogP contribution in [0.2, 0.25) is 0 Å². The van der Waals surface area contributed by atoms with E-state index in [0.717, 1.165) is 20.9 Å². The van der Waals surface area contributed by atoms with Crippen LogP contribution in [0.15, 0.2) is 29.2 Å². The Labute approximate surface area is 119 Å². The topological polar surface area (TPSA) is 57.4 Å². The first-order valence-electron chi connectivity index (χ1n) is 5.89. The van der Waals surface area contributed by atoms with Gasteiger partial charge in [-0.3, -0.25) is 0 Å². The molecular weight excluding hydrogens is 276 g/mol. The third-order valence-electron chi connectivity index (χ3n) is 2.76. The zero-order chi connectivity index (χ0) is 13.9. The van der Waals surface area contributed by atoms with Gasteiger partial charge < -0.3 is 13.9 Å². The lowest BCUT2D eigenvalue weighted by atomic mass is 10.3. The van der Waals surface area contributed by atoms with Gasteiger partial charge in [-0.05, 0) is 12.2 Å². The lowest BCUT2D eigenvalue weighted by Crippen LogP contribution is -1.89. The van der Waals surface area contributed by atoms with Crippen molar-refractivity contribution in [1.82, 2.24) is 9.97 Å². The first-order valence-corrected chi connectivity index (χ1v) is 6.70. The van der Waals surface area contributed by atoms with Crippen molar-refractivity contribution in [2.24, 2.45) is 0 Å². The zero-order valence-corrected chi connectivity index (χ0v) is 11.8.